The first-order chi connectivity index (χ1) is 15.1. The summed E-state index contributed by atoms with van der Waals surface area (Å²) in [4.78, 5) is 12.6. The number of aliphatic hydroxyl groups excluding tert-OH is 1. The molecule has 1 heterocycles. The quantitative estimate of drug-likeness (QED) is 0.419. The molecule has 2 atom stereocenters. The first kappa shape index (κ1) is 24.1. The zero-order valence-corrected chi connectivity index (χ0v) is 19.7. The van der Waals surface area contributed by atoms with E-state index in [4.69, 9.17) is 0 Å². The Morgan fingerprint density at radius 2 is 1.81 bits per heavy atom. The summed E-state index contributed by atoms with van der Waals surface area (Å²) in [5, 5.41) is 16.6. The smallest absolute Gasteiger partial charge is 0.241 e. The van der Waals surface area contributed by atoms with Crippen LogP contribution in [0.1, 0.15) is 24.2 Å². The van der Waals surface area contributed by atoms with Gasteiger partial charge in [-0.2, -0.15) is 9.82 Å². The minimum Gasteiger partial charge on any atom is -0.394 e. The van der Waals surface area contributed by atoms with E-state index < -0.39 is 34.6 Å². The van der Waals surface area contributed by atoms with Gasteiger partial charge in [0.15, 0.2) is 0 Å². The molecule has 170 valence electrons. The van der Waals surface area contributed by atoms with E-state index >= 15 is 0 Å². The second-order valence-electron chi connectivity index (χ2n) is 7.11. The lowest BCUT2D eigenvalue weighted by Crippen LogP contribution is -2.49. The van der Waals surface area contributed by atoms with Crippen molar-refractivity contribution in [3.8, 4) is 5.69 Å². The number of carbonyl (C=O) groups is 1. The largest absolute Gasteiger partial charge is 0.394 e. The molecule has 0 aliphatic carbocycles. The maximum absolute atomic E-state index is 13.2. The highest BCUT2D eigenvalue weighted by molar-refractivity contribution is 9.10. The molecule has 0 fully saturated rings. The molecule has 1 amide bonds. The second kappa shape index (κ2) is 9.90. The van der Waals surface area contributed by atoms with E-state index in [1.165, 1.54) is 24.3 Å². The predicted octanol–water partition coefficient (Wildman–Crippen LogP) is 2.60. The molecule has 3 N–H and O–H groups in total. The van der Waals surface area contributed by atoms with Crippen molar-refractivity contribution in [2.24, 2.45) is 0 Å². The van der Waals surface area contributed by atoms with Crippen LogP contribution in [0, 0.1) is 12.7 Å². The van der Waals surface area contributed by atoms with Crippen molar-refractivity contribution in [1.29, 1.82) is 0 Å². The Morgan fingerprint density at radius 1 is 1.19 bits per heavy atom. The van der Waals surface area contributed by atoms with Crippen LogP contribution in [0.3, 0.4) is 0 Å². The molecule has 3 rings (SSSR count). The van der Waals surface area contributed by atoms with E-state index in [1.54, 1.807) is 49.0 Å². The number of aliphatic hydroxyl groups is 1. The number of aromatic nitrogens is 2. The predicted molar refractivity (Wildman–Crippen MR) is 120 cm³/mol. The van der Waals surface area contributed by atoms with Gasteiger partial charge in [0.1, 0.15) is 11.9 Å². The Balaban J connectivity index is 1.72. The summed E-state index contributed by atoms with van der Waals surface area (Å²) in [6.45, 7) is 2.80. The summed E-state index contributed by atoms with van der Waals surface area (Å²) >= 11 is 3.23. The number of nitrogens with zero attached hydrogens (tertiary/aromatic N) is 2. The van der Waals surface area contributed by atoms with Crippen molar-refractivity contribution in [3.05, 3.63) is 76.3 Å². The maximum Gasteiger partial charge on any atom is 0.241 e. The van der Waals surface area contributed by atoms with Gasteiger partial charge in [-0.25, -0.2) is 17.5 Å². The molecule has 3 aromatic rings. The Morgan fingerprint density at radius 3 is 2.41 bits per heavy atom. The van der Waals surface area contributed by atoms with Gasteiger partial charge in [0, 0.05) is 15.7 Å². The lowest BCUT2D eigenvalue weighted by molar-refractivity contribution is -0.124. The number of carbonyl (C=O) groups excluding carboxylic acids is 1. The van der Waals surface area contributed by atoms with E-state index in [-0.39, 0.29) is 10.7 Å². The fourth-order valence-electron chi connectivity index (χ4n) is 3.12. The molecule has 1 aromatic heterocycles. The van der Waals surface area contributed by atoms with Gasteiger partial charge in [-0.1, -0.05) is 15.9 Å². The van der Waals surface area contributed by atoms with Crippen molar-refractivity contribution >= 4 is 31.9 Å². The molecule has 0 radical (unpaired) electrons. The van der Waals surface area contributed by atoms with Gasteiger partial charge in [-0.3, -0.25) is 4.79 Å². The van der Waals surface area contributed by atoms with Crippen LogP contribution in [-0.4, -0.2) is 41.9 Å². The van der Waals surface area contributed by atoms with Crippen molar-refractivity contribution < 1.29 is 22.7 Å². The van der Waals surface area contributed by atoms with Crippen molar-refractivity contribution in [2.45, 2.75) is 30.8 Å². The molecule has 0 saturated carbocycles. The number of hydrogen-bond donors (Lipinski definition) is 3. The van der Waals surface area contributed by atoms with Gasteiger partial charge >= 0.3 is 0 Å². The molecule has 2 aromatic carbocycles. The standard InChI is InChI=1S/C21H22BrFN4O4S/c1-13(19-11-24-27(14(19)2)17-7-5-16(23)6-8-17)25-21(29)20(12-28)26-32(30,31)18-9-3-15(22)4-10-18/h3-11,13,20,26,28H,12H2,1-2H3,(H,25,29). The summed E-state index contributed by atoms with van der Waals surface area (Å²) in [5.41, 5.74) is 2.07. The van der Waals surface area contributed by atoms with Crippen molar-refractivity contribution in [3.63, 3.8) is 0 Å². The molecule has 2 unspecified atom stereocenters. The lowest BCUT2D eigenvalue weighted by Gasteiger charge is -2.20. The number of hydrogen-bond acceptors (Lipinski definition) is 5. The minimum absolute atomic E-state index is 0.0311. The highest BCUT2D eigenvalue weighted by atomic mass is 79.9. The second-order valence-corrected chi connectivity index (χ2v) is 9.74. The highest BCUT2D eigenvalue weighted by Crippen LogP contribution is 2.21. The monoisotopic (exact) mass is 524 g/mol. The number of benzene rings is 2. The van der Waals surface area contributed by atoms with Gasteiger partial charge < -0.3 is 10.4 Å². The number of halogens is 2. The minimum atomic E-state index is -4.02. The van der Waals surface area contributed by atoms with Crippen LogP contribution in [0.25, 0.3) is 5.69 Å². The van der Waals surface area contributed by atoms with E-state index in [0.717, 1.165) is 5.69 Å². The van der Waals surface area contributed by atoms with E-state index in [2.05, 4.69) is 31.1 Å². The molecule has 0 spiro atoms. The fraction of sp³-hybridized carbons (Fsp3) is 0.238. The summed E-state index contributed by atoms with van der Waals surface area (Å²) in [6, 6.07) is 9.81. The lowest BCUT2D eigenvalue weighted by atomic mass is 10.1. The van der Waals surface area contributed by atoms with Crippen molar-refractivity contribution in [1.82, 2.24) is 19.8 Å². The normalized spacial score (nSPS) is 13.5. The van der Waals surface area contributed by atoms with Crippen LogP contribution < -0.4 is 10.0 Å². The Hall–Kier alpha value is -2.60. The molecular formula is C21H22BrFN4O4S. The van der Waals surface area contributed by atoms with E-state index in [0.29, 0.717) is 15.7 Å². The zero-order valence-electron chi connectivity index (χ0n) is 17.3. The zero-order chi connectivity index (χ0) is 23.5. The van der Waals surface area contributed by atoms with Gasteiger partial charge in [0.2, 0.25) is 15.9 Å². The molecule has 0 saturated heterocycles. The van der Waals surface area contributed by atoms with E-state index in [9.17, 15) is 22.7 Å². The molecule has 11 heteroatoms. The summed E-state index contributed by atoms with van der Waals surface area (Å²) in [5.74, 6) is -1.05. The van der Waals surface area contributed by atoms with Crippen LogP contribution in [0.4, 0.5) is 4.39 Å². The van der Waals surface area contributed by atoms with Gasteiger partial charge in [0.05, 0.1) is 29.4 Å². The Bertz CT molecular complexity index is 1200. The molecule has 0 aliphatic heterocycles. The molecule has 0 aliphatic rings. The molecule has 0 bridgehead atoms. The number of amides is 1. The van der Waals surface area contributed by atoms with Gasteiger partial charge in [0.25, 0.3) is 0 Å². The third-order valence-corrected chi connectivity index (χ3v) is 6.88. The van der Waals surface area contributed by atoms with Crippen LogP contribution in [-0.2, 0) is 14.8 Å². The van der Waals surface area contributed by atoms with Crippen LogP contribution >= 0.6 is 15.9 Å². The first-order valence-corrected chi connectivity index (χ1v) is 11.9. The Labute approximate surface area is 193 Å². The molecular weight excluding hydrogens is 503 g/mol. The SMILES string of the molecule is Cc1c(C(C)NC(=O)C(CO)NS(=O)(=O)c2ccc(Br)cc2)cnn1-c1ccc(F)cc1. The number of nitrogens with one attached hydrogen (secondary N) is 2. The third-order valence-electron chi connectivity index (χ3n) is 4.86. The molecule has 32 heavy (non-hydrogen) atoms. The average molecular weight is 525 g/mol. The van der Waals surface area contributed by atoms with E-state index in [1.807, 2.05) is 0 Å². The van der Waals surface area contributed by atoms with Crippen molar-refractivity contribution in [2.75, 3.05) is 6.61 Å². The summed E-state index contributed by atoms with van der Waals surface area (Å²) in [7, 11) is -4.02. The first-order valence-electron chi connectivity index (χ1n) is 9.62. The summed E-state index contributed by atoms with van der Waals surface area (Å²) in [6.07, 6.45) is 1.57. The third kappa shape index (κ3) is 5.41. The Kier molecular flexibility index (Phi) is 7.44. The van der Waals surface area contributed by atoms with Gasteiger partial charge in [-0.05, 0) is 62.4 Å². The number of sulfonamides is 1. The maximum atomic E-state index is 13.2. The highest BCUT2D eigenvalue weighted by Gasteiger charge is 2.27. The number of rotatable bonds is 8. The van der Waals surface area contributed by atoms with Crippen LogP contribution in [0.5, 0.6) is 0 Å². The summed E-state index contributed by atoms with van der Waals surface area (Å²) < 4.78 is 42.8. The average Bonchev–Trinajstić information content (AvgIpc) is 3.14. The van der Waals surface area contributed by atoms with Crippen LogP contribution in [0.15, 0.2) is 64.1 Å². The fourth-order valence-corrected chi connectivity index (χ4v) is 4.58. The molecule has 8 nitrogen and oxygen atoms in total. The van der Waals surface area contributed by atoms with Gasteiger partial charge in [-0.15, -0.1) is 0 Å². The van der Waals surface area contributed by atoms with Crippen LogP contribution in [0.2, 0.25) is 0 Å². The topological polar surface area (TPSA) is 113 Å².